The van der Waals surface area contributed by atoms with Crippen LogP contribution >= 0.6 is 34.9 Å². The van der Waals surface area contributed by atoms with Crippen LogP contribution < -0.4 is 5.32 Å². The van der Waals surface area contributed by atoms with Crippen LogP contribution in [-0.4, -0.2) is 11.4 Å². The summed E-state index contributed by atoms with van der Waals surface area (Å²) < 4.78 is 0.810. The van der Waals surface area contributed by atoms with E-state index in [2.05, 4.69) is 32.2 Å². The molecule has 3 atom stereocenters. The van der Waals surface area contributed by atoms with Crippen molar-refractivity contribution < 1.29 is 4.79 Å². The quantitative estimate of drug-likeness (QED) is 0.594. The van der Waals surface area contributed by atoms with E-state index < -0.39 is 0 Å². The van der Waals surface area contributed by atoms with E-state index in [0.29, 0.717) is 5.41 Å². The Morgan fingerprint density at radius 3 is 2.86 bits per heavy atom. The van der Waals surface area contributed by atoms with Crippen LogP contribution in [0.15, 0.2) is 17.0 Å². The summed E-state index contributed by atoms with van der Waals surface area (Å²) >= 11 is 8.00. The van der Waals surface area contributed by atoms with Crippen molar-refractivity contribution in [1.82, 2.24) is 5.32 Å². The molecule has 114 valence electrons. The summed E-state index contributed by atoms with van der Waals surface area (Å²) in [6.45, 7) is 6.86. The summed E-state index contributed by atoms with van der Waals surface area (Å²) in [5.41, 5.74) is 1.61. The molecule has 1 aromatic rings. The Bertz CT molecular complexity index is 658. The third-order valence-electron chi connectivity index (χ3n) is 4.50. The summed E-state index contributed by atoms with van der Waals surface area (Å²) in [5, 5.41) is 5.12. The van der Waals surface area contributed by atoms with Crippen molar-refractivity contribution in [2.24, 2.45) is 11.3 Å². The van der Waals surface area contributed by atoms with Gasteiger partial charge in [-0.15, -0.1) is 22.7 Å². The van der Waals surface area contributed by atoms with E-state index in [4.69, 9.17) is 12.2 Å². The molecule has 0 saturated heterocycles. The molecule has 1 heterocycles. The Morgan fingerprint density at radius 2 is 2.24 bits per heavy atom. The third kappa shape index (κ3) is 3.30. The first-order chi connectivity index (χ1) is 9.77. The van der Waals surface area contributed by atoms with Crippen molar-refractivity contribution in [1.29, 1.82) is 0 Å². The van der Waals surface area contributed by atoms with Gasteiger partial charge < -0.3 is 5.32 Å². The number of nitrogens with one attached hydrogen (secondary N) is 1. The van der Waals surface area contributed by atoms with E-state index in [1.54, 1.807) is 0 Å². The molecule has 2 aliphatic carbocycles. The molecule has 21 heavy (non-hydrogen) atoms. The number of carbonyl (C=O) groups excluding carboxylic acids is 1. The third-order valence-corrected chi connectivity index (χ3v) is 6.96. The van der Waals surface area contributed by atoms with Crippen molar-refractivity contribution >= 4 is 40.8 Å². The van der Waals surface area contributed by atoms with Crippen LogP contribution in [0.3, 0.4) is 0 Å². The van der Waals surface area contributed by atoms with Gasteiger partial charge in [-0.3, -0.25) is 4.79 Å². The highest BCUT2D eigenvalue weighted by Crippen LogP contribution is 2.50. The summed E-state index contributed by atoms with van der Waals surface area (Å²) in [6, 6.07) is 0. The molecule has 0 radical (unpaired) electrons. The monoisotopic (exact) mass is 339 g/mol. The van der Waals surface area contributed by atoms with Crippen LogP contribution in [0, 0.1) is 14.5 Å². The van der Waals surface area contributed by atoms with Crippen LogP contribution in [0.5, 0.6) is 0 Å². The van der Waals surface area contributed by atoms with E-state index in [-0.39, 0.29) is 11.4 Å². The maximum absolute atomic E-state index is 12.5. The normalized spacial score (nSPS) is 35.2. The molecule has 1 saturated carbocycles. The molecule has 0 aromatic carbocycles. The molecular weight excluding hydrogens is 318 g/mol. The summed E-state index contributed by atoms with van der Waals surface area (Å²) in [7, 11) is 0. The average molecular weight is 340 g/mol. The zero-order valence-corrected chi connectivity index (χ0v) is 15.1. The van der Waals surface area contributed by atoms with Gasteiger partial charge in [-0.25, -0.2) is 0 Å². The number of allylic oxidation sites excluding steroid dienone is 1. The van der Waals surface area contributed by atoms with Gasteiger partial charge in [0.05, 0.1) is 5.54 Å². The van der Waals surface area contributed by atoms with E-state index in [1.807, 2.05) is 5.38 Å². The highest BCUT2D eigenvalue weighted by molar-refractivity contribution is 7.76. The molecule has 2 aliphatic rings. The Balaban J connectivity index is 1.83. The molecule has 1 N–H and O–H groups in total. The zero-order valence-electron chi connectivity index (χ0n) is 12.7. The number of rotatable bonds is 2. The van der Waals surface area contributed by atoms with Gasteiger partial charge in [0.25, 0.3) is 5.91 Å². The van der Waals surface area contributed by atoms with Gasteiger partial charge in [-0.2, -0.15) is 0 Å². The summed E-state index contributed by atoms with van der Waals surface area (Å²) in [5.74, 6) is 0.778. The molecule has 3 rings (SSSR count). The van der Waals surface area contributed by atoms with Crippen molar-refractivity contribution in [3.8, 4) is 0 Å². The van der Waals surface area contributed by atoms with Crippen LogP contribution in [-0.2, 0) is 0 Å². The van der Waals surface area contributed by atoms with Gasteiger partial charge >= 0.3 is 0 Å². The first-order valence-electron chi connectivity index (χ1n) is 7.39. The number of hydrogen-bond acceptors (Lipinski definition) is 4. The smallest absolute Gasteiger partial charge is 0.262 e. The van der Waals surface area contributed by atoms with Crippen molar-refractivity contribution in [3.63, 3.8) is 0 Å². The lowest BCUT2D eigenvalue weighted by molar-refractivity contribution is 0.0856. The minimum absolute atomic E-state index is 0.0170. The van der Waals surface area contributed by atoms with Gasteiger partial charge in [-0.05, 0) is 43.9 Å². The fraction of sp³-hybridized carbons (Fsp3) is 0.625. The number of carbonyl (C=O) groups is 1. The second-order valence-electron chi connectivity index (χ2n) is 7.30. The molecule has 0 spiro atoms. The Hall–Kier alpha value is -0.520. The number of hydrogen-bond donors (Lipinski definition) is 1. The predicted molar refractivity (Wildman–Crippen MR) is 92.7 cm³/mol. The number of fused-ring (bicyclic) bond motifs is 2. The fourth-order valence-corrected chi connectivity index (χ4v) is 6.42. The minimum Gasteiger partial charge on any atom is -0.343 e. The van der Waals surface area contributed by atoms with Crippen molar-refractivity contribution in [3.05, 3.63) is 25.0 Å². The average Bonchev–Trinajstić information content (AvgIpc) is 2.71. The highest BCUT2D eigenvalue weighted by Gasteiger charge is 2.43. The predicted octanol–water partition coefficient (Wildman–Crippen LogP) is 5.18. The molecule has 2 nitrogen and oxygen atoms in total. The second kappa shape index (κ2) is 5.28. The van der Waals surface area contributed by atoms with Crippen molar-refractivity contribution in [2.45, 2.75) is 52.0 Å². The van der Waals surface area contributed by atoms with Crippen LogP contribution in [0.25, 0.3) is 0 Å². The fourth-order valence-electron chi connectivity index (χ4n) is 4.43. The summed E-state index contributed by atoms with van der Waals surface area (Å²) in [4.78, 5) is 13.2. The maximum Gasteiger partial charge on any atom is 0.262 e. The maximum atomic E-state index is 12.5. The van der Waals surface area contributed by atoms with Gasteiger partial charge in [0.2, 0.25) is 0 Å². The van der Waals surface area contributed by atoms with E-state index in [9.17, 15) is 4.79 Å². The Kier molecular flexibility index (Phi) is 3.87. The molecule has 2 bridgehead atoms. The first kappa shape index (κ1) is 15.4. The minimum atomic E-state index is -0.226. The standard InChI is InChI=1S/C16H21NOS3/c1-10-4-11-6-15(2,5-10)9-16(3,7-11)17-13(18)12-8-20-14(19)21-12/h7-8,10H,4-6,9H2,1-3H3,(H,17,18). The van der Waals surface area contributed by atoms with E-state index in [1.165, 1.54) is 47.5 Å². The molecule has 0 aliphatic heterocycles. The Morgan fingerprint density at radius 1 is 1.48 bits per heavy atom. The number of amides is 1. The first-order valence-corrected chi connectivity index (χ1v) is 9.49. The molecule has 1 fully saturated rings. The molecule has 1 aromatic heterocycles. The van der Waals surface area contributed by atoms with Crippen LogP contribution in [0.2, 0.25) is 0 Å². The SMILES string of the molecule is CC1CC2=CC(C)(NC(=O)c3csc(=S)s3)CC(C)(C2)C1. The second-order valence-corrected chi connectivity index (χ2v) is 10.4. The van der Waals surface area contributed by atoms with Gasteiger partial charge in [0.15, 0.2) is 0 Å². The van der Waals surface area contributed by atoms with Crippen LogP contribution in [0.1, 0.15) is 56.1 Å². The van der Waals surface area contributed by atoms with Gasteiger partial charge in [0, 0.05) is 5.38 Å². The molecule has 1 amide bonds. The largest absolute Gasteiger partial charge is 0.343 e. The van der Waals surface area contributed by atoms with Crippen molar-refractivity contribution in [2.75, 3.05) is 0 Å². The van der Waals surface area contributed by atoms with E-state index >= 15 is 0 Å². The lowest BCUT2D eigenvalue weighted by atomic mass is 9.60. The summed E-state index contributed by atoms with van der Waals surface area (Å²) in [6.07, 6.45) is 6.97. The lowest BCUT2D eigenvalue weighted by Crippen LogP contribution is -2.51. The molecular formula is C16H21NOS3. The molecule has 5 heteroatoms. The van der Waals surface area contributed by atoms with Crippen LogP contribution in [0.4, 0.5) is 0 Å². The lowest BCUT2D eigenvalue weighted by Gasteiger charge is -2.48. The zero-order chi connectivity index (χ0) is 15.3. The van der Waals surface area contributed by atoms with Gasteiger partial charge in [0.1, 0.15) is 8.01 Å². The highest BCUT2D eigenvalue weighted by atomic mass is 32.2. The Labute approximate surface area is 139 Å². The van der Waals surface area contributed by atoms with E-state index in [0.717, 1.165) is 20.4 Å². The topological polar surface area (TPSA) is 29.1 Å². The van der Waals surface area contributed by atoms with Gasteiger partial charge in [-0.1, -0.05) is 37.7 Å². The molecule has 3 unspecified atom stereocenters.